The number of carbonyl (C=O) groups excluding carboxylic acids is 1. The number of nitrogens with zero attached hydrogens (tertiary/aromatic N) is 1. The van der Waals surface area contributed by atoms with Gasteiger partial charge in [-0.05, 0) is 67.5 Å². The molecule has 0 saturated carbocycles. The van der Waals surface area contributed by atoms with Gasteiger partial charge in [0.15, 0.2) is 0 Å². The van der Waals surface area contributed by atoms with Crippen molar-refractivity contribution in [1.29, 1.82) is 0 Å². The zero-order valence-corrected chi connectivity index (χ0v) is 14.7. The van der Waals surface area contributed by atoms with Gasteiger partial charge in [0.25, 0.3) is 5.91 Å². The smallest absolute Gasteiger partial charge is 0.254 e. The van der Waals surface area contributed by atoms with Gasteiger partial charge in [-0.3, -0.25) is 4.79 Å². The van der Waals surface area contributed by atoms with Crippen molar-refractivity contribution in [3.63, 3.8) is 0 Å². The molecule has 2 aliphatic rings. The molecule has 0 spiro atoms. The van der Waals surface area contributed by atoms with Crippen molar-refractivity contribution in [3.05, 3.63) is 70.8 Å². The normalized spacial score (nSPS) is 19.4. The molecule has 1 aliphatic carbocycles. The Morgan fingerprint density at radius 2 is 1.88 bits per heavy atom. The summed E-state index contributed by atoms with van der Waals surface area (Å²) in [4.78, 5) is 15.3. The molecular formula is C22H26N2O. The second kappa shape index (κ2) is 7.40. The van der Waals surface area contributed by atoms with Crippen molar-refractivity contribution in [2.75, 3.05) is 13.1 Å². The molecule has 25 heavy (non-hydrogen) atoms. The Balaban J connectivity index is 1.64. The molecule has 1 aliphatic heterocycles. The average Bonchev–Trinajstić information content (AvgIpc) is 3.21. The second-order valence-corrected chi connectivity index (χ2v) is 7.21. The fourth-order valence-electron chi connectivity index (χ4n) is 4.21. The first kappa shape index (κ1) is 16.3. The number of fused-ring (bicyclic) bond motifs is 1. The quantitative estimate of drug-likeness (QED) is 0.927. The van der Waals surface area contributed by atoms with E-state index in [4.69, 9.17) is 0 Å². The van der Waals surface area contributed by atoms with Gasteiger partial charge in [-0.2, -0.15) is 0 Å². The van der Waals surface area contributed by atoms with Crippen LogP contribution < -0.4 is 5.32 Å². The number of nitrogens with one attached hydrogen (secondary N) is 1. The van der Waals surface area contributed by atoms with Crippen LogP contribution in [0.1, 0.15) is 46.3 Å². The summed E-state index contributed by atoms with van der Waals surface area (Å²) in [7, 11) is 0. The Morgan fingerprint density at radius 1 is 1.04 bits per heavy atom. The second-order valence-electron chi connectivity index (χ2n) is 7.21. The van der Waals surface area contributed by atoms with Crippen LogP contribution in [-0.4, -0.2) is 29.9 Å². The minimum Gasteiger partial charge on any atom is -0.330 e. The maximum absolute atomic E-state index is 13.2. The highest BCUT2D eigenvalue weighted by atomic mass is 16.2. The highest BCUT2D eigenvalue weighted by Gasteiger charge is 2.28. The molecular weight excluding hydrogens is 308 g/mol. The topological polar surface area (TPSA) is 32.3 Å². The van der Waals surface area contributed by atoms with Crippen molar-refractivity contribution >= 4 is 5.91 Å². The third kappa shape index (κ3) is 3.47. The van der Waals surface area contributed by atoms with Crippen LogP contribution in [0.3, 0.4) is 0 Å². The zero-order chi connectivity index (χ0) is 17.1. The number of amides is 1. The molecule has 1 unspecified atom stereocenters. The Hall–Kier alpha value is -2.13. The van der Waals surface area contributed by atoms with E-state index in [1.165, 1.54) is 36.0 Å². The standard InChI is InChI=1S/C22H26N2O/c25-22(18-8-2-1-3-9-18)24(20-13-14-23-15-20)16-19-11-6-10-17-7-4-5-12-21(17)19/h1-3,6,8-11,20,23H,4-5,7,12-16H2. The third-order valence-corrected chi connectivity index (χ3v) is 5.59. The first-order valence-electron chi connectivity index (χ1n) is 9.49. The predicted octanol–water partition coefficient (Wildman–Crippen LogP) is 3.57. The number of benzene rings is 2. The molecule has 130 valence electrons. The maximum Gasteiger partial charge on any atom is 0.254 e. The van der Waals surface area contributed by atoms with Gasteiger partial charge in [-0.15, -0.1) is 0 Å². The summed E-state index contributed by atoms with van der Waals surface area (Å²) >= 11 is 0. The Bertz CT molecular complexity index is 735. The maximum atomic E-state index is 13.2. The molecule has 1 saturated heterocycles. The van der Waals surface area contributed by atoms with Crippen LogP contribution in [0.15, 0.2) is 48.5 Å². The molecule has 3 heteroatoms. The summed E-state index contributed by atoms with van der Waals surface area (Å²) in [6.07, 6.45) is 5.92. The molecule has 3 nitrogen and oxygen atoms in total. The Morgan fingerprint density at radius 3 is 2.68 bits per heavy atom. The van der Waals surface area contributed by atoms with Crippen LogP contribution in [0.2, 0.25) is 0 Å². The Kier molecular flexibility index (Phi) is 4.84. The molecule has 1 atom stereocenters. The van der Waals surface area contributed by atoms with Crippen molar-refractivity contribution in [2.45, 2.75) is 44.7 Å². The van der Waals surface area contributed by atoms with Crippen molar-refractivity contribution in [3.8, 4) is 0 Å². The molecule has 2 aromatic carbocycles. The molecule has 1 N–H and O–H groups in total. The fraction of sp³-hybridized carbons (Fsp3) is 0.409. The van der Waals surface area contributed by atoms with E-state index < -0.39 is 0 Å². The molecule has 4 rings (SSSR count). The van der Waals surface area contributed by atoms with E-state index in [0.717, 1.165) is 38.0 Å². The van der Waals surface area contributed by atoms with Crippen LogP contribution in [0.5, 0.6) is 0 Å². The number of hydrogen-bond donors (Lipinski definition) is 1. The molecule has 0 radical (unpaired) electrons. The molecule has 2 aromatic rings. The summed E-state index contributed by atoms with van der Waals surface area (Å²) in [6, 6.07) is 16.6. The lowest BCUT2D eigenvalue weighted by Gasteiger charge is -2.31. The zero-order valence-electron chi connectivity index (χ0n) is 14.7. The third-order valence-electron chi connectivity index (χ3n) is 5.59. The largest absolute Gasteiger partial charge is 0.330 e. The van der Waals surface area contributed by atoms with Crippen molar-refractivity contribution < 1.29 is 4.79 Å². The number of rotatable bonds is 4. The summed E-state index contributed by atoms with van der Waals surface area (Å²) < 4.78 is 0. The van der Waals surface area contributed by atoms with Gasteiger partial charge in [-0.1, -0.05) is 36.4 Å². The van der Waals surface area contributed by atoms with E-state index in [-0.39, 0.29) is 11.9 Å². The lowest BCUT2D eigenvalue weighted by atomic mass is 9.88. The van der Waals surface area contributed by atoms with Crippen LogP contribution in [0.4, 0.5) is 0 Å². The predicted molar refractivity (Wildman–Crippen MR) is 101 cm³/mol. The number of hydrogen-bond acceptors (Lipinski definition) is 2. The Labute approximate surface area is 150 Å². The van der Waals surface area contributed by atoms with E-state index in [1.807, 2.05) is 30.3 Å². The minimum absolute atomic E-state index is 0.155. The summed E-state index contributed by atoms with van der Waals surface area (Å²) in [5.74, 6) is 0.155. The van der Waals surface area contributed by atoms with Gasteiger partial charge in [0, 0.05) is 24.7 Å². The van der Waals surface area contributed by atoms with Crippen LogP contribution in [-0.2, 0) is 19.4 Å². The molecule has 1 amide bonds. The van der Waals surface area contributed by atoms with Gasteiger partial charge in [0.1, 0.15) is 0 Å². The van der Waals surface area contributed by atoms with Crippen molar-refractivity contribution in [1.82, 2.24) is 10.2 Å². The van der Waals surface area contributed by atoms with Gasteiger partial charge >= 0.3 is 0 Å². The monoisotopic (exact) mass is 334 g/mol. The molecule has 0 bridgehead atoms. The van der Waals surface area contributed by atoms with Gasteiger partial charge in [-0.25, -0.2) is 0 Å². The number of aryl methyl sites for hydroxylation is 1. The summed E-state index contributed by atoms with van der Waals surface area (Å²) in [5.41, 5.74) is 5.11. The van der Waals surface area contributed by atoms with E-state index in [1.54, 1.807) is 0 Å². The van der Waals surface area contributed by atoms with E-state index >= 15 is 0 Å². The summed E-state index contributed by atoms with van der Waals surface area (Å²) in [5, 5.41) is 3.41. The lowest BCUT2D eigenvalue weighted by molar-refractivity contribution is 0.0675. The van der Waals surface area contributed by atoms with Gasteiger partial charge in [0.05, 0.1) is 0 Å². The molecule has 0 aromatic heterocycles. The van der Waals surface area contributed by atoms with Crippen LogP contribution in [0, 0.1) is 0 Å². The van der Waals surface area contributed by atoms with Crippen LogP contribution in [0.25, 0.3) is 0 Å². The summed E-state index contributed by atoms with van der Waals surface area (Å²) in [6.45, 7) is 2.62. The van der Waals surface area contributed by atoms with E-state index in [2.05, 4.69) is 28.4 Å². The van der Waals surface area contributed by atoms with Crippen molar-refractivity contribution in [2.24, 2.45) is 0 Å². The van der Waals surface area contributed by atoms with Gasteiger partial charge in [0.2, 0.25) is 0 Å². The lowest BCUT2D eigenvalue weighted by Crippen LogP contribution is -2.41. The van der Waals surface area contributed by atoms with Crippen LogP contribution >= 0.6 is 0 Å². The highest BCUT2D eigenvalue weighted by molar-refractivity contribution is 5.94. The van der Waals surface area contributed by atoms with Gasteiger partial charge < -0.3 is 10.2 Å². The van der Waals surface area contributed by atoms with E-state index in [0.29, 0.717) is 0 Å². The molecule has 1 heterocycles. The number of carbonyl (C=O) groups is 1. The minimum atomic E-state index is 0.155. The highest BCUT2D eigenvalue weighted by Crippen LogP contribution is 2.27. The molecule has 1 fully saturated rings. The first-order chi connectivity index (χ1) is 12.3. The SMILES string of the molecule is O=C(c1ccccc1)N(Cc1cccc2c1CCCC2)C1CCNC1. The van der Waals surface area contributed by atoms with E-state index in [9.17, 15) is 4.79 Å². The fourth-order valence-corrected chi connectivity index (χ4v) is 4.21. The first-order valence-corrected chi connectivity index (χ1v) is 9.49. The average molecular weight is 334 g/mol.